The maximum Gasteiger partial charge on any atom is 0.120 e. The first-order chi connectivity index (χ1) is 14.6. The molecule has 0 bridgehead atoms. The summed E-state index contributed by atoms with van der Waals surface area (Å²) in [5.41, 5.74) is 5.54. The third-order valence-electron chi connectivity index (χ3n) is 5.90. The van der Waals surface area contributed by atoms with Crippen LogP contribution < -0.4 is 0 Å². The normalized spacial score (nSPS) is 17.3. The van der Waals surface area contributed by atoms with E-state index in [9.17, 15) is 10.2 Å². The number of benzene rings is 2. The molecule has 1 saturated heterocycles. The van der Waals surface area contributed by atoms with Crippen molar-refractivity contribution in [1.82, 2.24) is 4.90 Å². The quantitative estimate of drug-likeness (QED) is 0.322. The van der Waals surface area contributed by atoms with Crippen molar-refractivity contribution in [2.45, 2.75) is 45.2 Å². The number of aliphatic hydroxyl groups excluding tert-OH is 1. The predicted molar refractivity (Wildman–Crippen MR) is 130 cm³/mol. The van der Waals surface area contributed by atoms with Gasteiger partial charge in [-0.25, -0.2) is 0 Å². The highest BCUT2D eigenvalue weighted by Crippen LogP contribution is 2.42. The summed E-state index contributed by atoms with van der Waals surface area (Å²) in [7, 11) is 3.34. The molecule has 1 aliphatic heterocycles. The average Bonchev–Trinajstić information content (AvgIpc) is 3.13. The van der Waals surface area contributed by atoms with Crippen LogP contribution in [0, 0.1) is 10.7 Å². The minimum absolute atomic E-state index is 0.214. The van der Waals surface area contributed by atoms with E-state index in [4.69, 9.17) is 12.2 Å². The van der Waals surface area contributed by atoms with Crippen molar-refractivity contribution >= 4 is 32.9 Å². The Labute approximate surface area is 190 Å². The van der Waals surface area contributed by atoms with E-state index in [1.807, 2.05) is 12.1 Å². The number of phenols is 1. The zero-order valence-corrected chi connectivity index (χ0v) is 19.6. The molecular formula is C24H27NO2S3. The van der Waals surface area contributed by atoms with Gasteiger partial charge in [0, 0.05) is 30.3 Å². The van der Waals surface area contributed by atoms with Crippen molar-refractivity contribution in [2.75, 3.05) is 13.2 Å². The van der Waals surface area contributed by atoms with Crippen LogP contribution in [0.2, 0.25) is 0 Å². The van der Waals surface area contributed by atoms with Crippen LogP contribution in [0.5, 0.6) is 5.75 Å². The van der Waals surface area contributed by atoms with E-state index in [-0.39, 0.29) is 6.61 Å². The molecule has 30 heavy (non-hydrogen) atoms. The van der Waals surface area contributed by atoms with Gasteiger partial charge in [-0.05, 0) is 62.1 Å². The molecule has 158 valence electrons. The molecule has 4 rings (SSSR count). The Hall–Kier alpha value is -1.57. The van der Waals surface area contributed by atoms with E-state index < -0.39 is 0 Å². The summed E-state index contributed by atoms with van der Waals surface area (Å²) in [5.74, 6) is 0.336. The van der Waals surface area contributed by atoms with Gasteiger partial charge in [-0.15, -0.1) is 0 Å². The summed E-state index contributed by atoms with van der Waals surface area (Å²) < 4.78 is 0.910. The monoisotopic (exact) mass is 457 g/mol. The van der Waals surface area contributed by atoms with E-state index in [1.54, 1.807) is 20.7 Å². The maximum atomic E-state index is 10.6. The number of nitrogens with zero attached hydrogens (tertiary/aromatic N) is 1. The van der Waals surface area contributed by atoms with Crippen LogP contribution in [0.25, 0.3) is 21.6 Å². The van der Waals surface area contributed by atoms with Gasteiger partial charge in [0.2, 0.25) is 0 Å². The van der Waals surface area contributed by atoms with Gasteiger partial charge >= 0.3 is 0 Å². The summed E-state index contributed by atoms with van der Waals surface area (Å²) in [5, 5.41) is 20.0. The first-order valence-electron chi connectivity index (χ1n) is 10.4. The molecule has 1 atom stereocenters. The summed E-state index contributed by atoms with van der Waals surface area (Å²) in [6.45, 7) is 4.03. The second-order valence-electron chi connectivity index (χ2n) is 8.00. The topological polar surface area (TPSA) is 43.7 Å². The molecule has 0 saturated carbocycles. The standard InChI is InChI=1S/C24H27NO2S3/c1-16-5-7-17(8-6-16)22-23(29-30-24(22)28)18-9-10-21(27)19(14-18)15-25-12-3-2-4-20(25)11-13-26/h5-10,14,20,26-27H,2-4,11-13,15H2,1H3. The molecule has 3 nitrogen and oxygen atoms in total. The molecule has 2 N–H and O–H groups in total. The average molecular weight is 458 g/mol. The molecule has 1 unspecified atom stereocenters. The SMILES string of the molecule is Cc1ccc(-c2c(-c3ccc(O)c(CN4CCCCC4CCO)c3)ssc2=S)cc1. The van der Waals surface area contributed by atoms with E-state index in [0.29, 0.717) is 18.3 Å². The molecule has 0 amide bonds. The van der Waals surface area contributed by atoms with Crippen LogP contribution in [0.4, 0.5) is 0 Å². The summed E-state index contributed by atoms with van der Waals surface area (Å²) in [4.78, 5) is 3.58. The number of rotatable bonds is 6. The lowest BCUT2D eigenvalue weighted by molar-refractivity contribution is 0.111. The molecule has 2 aromatic carbocycles. The van der Waals surface area contributed by atoms with Crippen molar-refractivity contribution in [3.05, 3.63) is 57.4 Å². The van der Waals surface area contributed by atoms with Crippen LogP contribution in [-0.4, -0.2) is 34.3 Å². The lowest BCUT2D eigenvalue weighted by Crippen LogP contribution is -2.39. The van der Waals surface area contributed by atoms with Crippen molar-refractivity contribution in [3.8, 4) is 27.3 Å². The number of hydrogen-bond acceptors (Lipinski definition) is 6. The van der Waals surface area contributed by atoms with Gasteiger partial charge < -0.3 is 10.2 Å². The number of aromatic hydroxyl groups is 1. The van der Waals surface area contributed by atoms with Crippen molar-refractivity contribution in [2.24, 2.45) is 0 Å². The smallest absolute Gasteiger partial charge is 0.120 e. The number of likely N-dealkylation sites (tertiary alicyclic amines) is 1. The molecule has 1 aromatic heterocycles. The van der Waals surface area contributed by atoms with Crippen LogP contribution in [0.15, 0.2) is 42.5 Å². The lowest BCUT2D eigenvalue weighted by Gasteiger charge is -2.35. The Morgan fingerprint density at radius 2 is 1.83 bits per heavy atom. The zero-order valence-electron chi connectivity index (χ0n) is 17.1. The minimum Gasteiger partial charge on any atom is -0.508 e. The highest BCUT2D eigenvalue weighted by atomic mass is 32.9. The summed E-state index contributed by atoms with van der Waals surface area (Å²) in [6.07, 6.45) is 4.30. The van der Waals surface area contributed by atoms with E-state index in [2.05, 4.69) is 42.2 Å². The Morgan fingerprint density at radius 3 is 2.60 bits per heavy atom. The molecular weight excluding hydrogens is 430 g/mol. The second kappa shape index (κ2) is 9.71. The van der Waals surface area contributed by atoms with Gasteiger partial charge in [0.05, 0.1) is 4.88 Å². The van der Waals surface area contributed by atoms with Crippen LogP contribution in [-0.2, 0) is 6.54 Å². The highest BCUT2D eigenvalue weighted by Gasteiger charge is 2.23. The number of piperidine rings is 1. The number of hydrogen-bond donors (Lipinski definition) is 2. The molecule has 3 aromatic rings. The predicted octanol–water partition coefficient (Wildman–Crippen LogP) is 6.62. The third-order valence-corrected chi connectivity index (χ3v) is 8.96. The van der Waals surface area contributed by atoms with E-state index >= 15 is 0 Å². The van der Waals surface area contributed by atoms with Gasteiger partial charge in [0.15, 0.2) is 0 Å². The van der Waals surface area contributed by atoms with Gasteiger partial charge in [-0.2, -0.15) is 0 Å². The fraction of sp³-hybridized carbons (Fsp3) is 0.375. The van der Waals surface area contributed by atoms with Crippen molar-refractivity contribution in [1.29, 1.82) is 0 Å². The van der Waals surface area contributed by atoms with Crippen molar-refractivity contribution < 1.29 is 10.2 Å². The highest BCUT2D eigenvalue weighted by molar-refractivity contribution is 7.80. The Balaban J connectivity index is 1.67. The Bertz CT molecular complexity index is 1050. The first-order valence-corrected chi connectivity index (χ1v) is 13.0. The van der Waals surface area contributed by atoms with Gasteiger partial charge in [-0.3, -0.25) is 4.90 Å². The number of phenolic OH excluding ortho intramolecular Hbond substituents is 1. The minimum atomic E-state index is 0.214. The first kappa shape index (κ1) is 21.7. The fourth-order valence-corrected chi connectivity index (χ4v) is 7.14. The second-order valence-corrected chi connectivity index (χ2v) is 10.8. The Morgan fingerprint density at radius 1 is 1.07 bits per heavy atom. The summed E-state index contributed by atoms with van der Waals surface area (Å²) in [6, 6.07) is 14.8. The molecule has 0 spiro atoms. The van der Waals surface area contributed by atoms with Crippen LogP contribution in [0.1, 0.15) is 36.8 Å². The number of aliphatic hydroxyl groups is 1. The molecule has 2 heterocycles. The van der Waals surface area contributed by atoms with E-state index in [1.165, 1.54) is 23.3 Å². The molecule has 0 radical (unpaired) electrons. The molecule has 1 aliphatic rings. The van der Waals surface area contributed by atoms with Gasteiger partial charge in [-0.1, -0.05) is 69.1 Å². The van der Waals surface area contributed by atoms with Crippen LogP contribution >= 0.6 is 32.9 Å². The van der Waals surface area contributed by atoms with Gasteiger partial charge in [0.1, 0.15) is 9.57 Å². The van der Waals surface area contributed by atoms with E-state index in [0.717, 1.165) is 45.5 Å². The Kier molecular flexibility index (Phi) is 7.01. The molecule has 0 aliphatic carbocycles. The third kappa shape index (κ3) is 4.68. The molecule has 1 fully saturated rings. The van der Waals surface area contributed by atoms with Gasteiger partial charge in [0.25, 0.3) is 0 Å². The largest absolute Gasteiger partial charge is 0.508 e. The fourth-order valence-electron chi connectivity index (χ4n) is 4.23. The lowest BCUT2D eigenvalue weighted by atomic mass is 9.97. The molecule has 6 heteroatoms. The number of aryl methyl sites for hydroxylation is 1. The zero-order chi connectivity index (χ0) is 21.1. The van der Waals surface area contributed by atoms with Crippen LogP contribution in [0.3, 0.4) is 0 Å². The summed E-state index contributed by atoms with van der Waals surface area (Å²) >= 11 is 5.67. The maximum absolute atomic E-state index is 10.6. The van der Waals surface area contributed by atoms with Crippen molar-refractivity contribution in [3.63, 3.8) is 0 Å².